The predicted octanol–water partition coefficient (Wildman–Crippen LogP) is 1.78. The minimum absolute atomic E-state index is 0.535. The molecule has 0 bridgehead atoms. The van der Waals surface area contributed by atoms with Crippen LogP contribution in [-0.4, -0.2) is 10.9 Å². The van der Waals surface area contributed by atoms with Gasteiger partial charge in [0.05, 0.1) is 5.71 Å². The number of benzene rings is 1. The zero-order valence-electron chi connectivity index (χ0n) is 7.20. The molecule has 0 unspecified atom stereocenters. The van der Waals surface area contributed by atoms with E-state index in [1.54, 1.807) is 6.92 Å². The second-order valence-corrected chi connectivity index (χ2v) is 2.78. The predicted molar refractivity (Wildman–Crippen MR) is 49.6 cm³/mol. The fourth-order valence-corrected chi connectivity index (χ4v) is 1.07. The number of rotatable bonds is 1. The van der Waals surface area contributed by atoms with Crippen LogP contribution in [0.2, 0.25) is 0 Å². The first-order chi connectivity index (χ1) is 5.65. The standard InChI is InChI=1S/C9H12N2O/c1-6-3-4-8(7(2)11-12)9(10)5-6/h3-5,12H,10H2,1-2H3/b11-7+. The molecule has 1 aromatic carbocycles. The van der Waals surface area contributed by atoms with Crippen molar-refractivity contribution < 1.29 is 5.21 Å². The average Bonchev–Trinajstić information content (AvgIpc) is 2.03. The molecule has 1 rings (SSSR count). The Balaban J connectivity index is 3.18. The number of aryl methyl sites for hydroxylation is 1. The van der Waals surface area contributed by atoms with Crippen molar-refractivity contribution in [3.63, 3.8) is 0 Å². The van der Waals surface area contributed by atoms with Crippen LogP contribution in [0, 0.1) is 6.92 Å². The molecule has 12 heavy (non-hydrogen) atoms. The van der Waals surface area contributed by atoms with E-state index < -0.39 is 0 Å². The van der Waals surface area contributed by atoms with Crippen LogP contribution in [0.4, 0.5) is 5.69 Å². The third-order valence-electron chi connectivity index (χ3n) is 1.75. The highest BCUT2D eigenvalue weighted by Crippen LogP contribution is 2.14. The summed E-state index contributed by atoms with van der Waals surface area (Å²) in [6.07, 6.45) is 0. The van der Waals surface area contributed by atoms with Crippen molar-refractivity contribution in [1.82, 2.24) is 0 Å². The van der Waals surface area contributed by atoms with E-state index >= 15 is 0 Å². The van der Waals surface area contributed by atoms with Crippen molar-refractivity contribution in [3.8, 4) is 0 Å². The van der Waals surface area contributed by atoms with Crippen LogP contribution in [0.15, 0.2) is 23.4 Å². The summed E-state index contributed by atoms with van der Waals surface area (Å²) in [5.74, 6) is 0. The van der Waals surface area contributed by atoms with Gasteiger partial charge in [0.25, 0.3) is 0 Å². The summed E-state index contributed by atoms with van der Waals surface area (Å²) in [6, 6.07) is 5.63. The van der Waals surface area contributed by atoms with Crippen LogP contribution in [0.5, 0.6) is 0 Å². The molecule has 0 saturated heterocycles. The maximum atomic E-state index is 8.51. The molecule has 0 spiro atoms. The molecule has 0 aliphatic heterocycles. The molecule has 3 nitrogen and oxygen atoms in total. The Bertz CT molecular complexity index is 318. The Labute approximate surface area is 71.5 Å². The lowest BCUT2D eigenvalue weighted by Gasteiger charge is -2.03. The van der Waals surface area contributed by atoms with Crippen molar-refractivity contribution in [2.45, 2.75) is 13.8 Å². The van der Waals surface area contributed by atoms with Crippen molar-refractivity contribution in [2.24, 2.45) is 5.16 Å². The Morgan fingerprint density at radius 1 is 1.50 bits per heavy atom. The smallest absolute Gasteiger partial charge is 0.0857 e. The lowest BCUT2D eigenvalue weighted by atomic mass is 10.1. The van der Waals surface area contributed by atoms with Gasteiger partial charge in [-0.1, -0.05) is 17.3 Å². The average molecular weight is 164 g/mol. The van der Waals surface area contributed by atoms with E-state index in [1.165, 1.54) is 0 Å². The quantitative estimate of drug-likeness (QED) is 0.287. The van der Waals surface area contributed by atoms with Crippen LogP contribution < -0.4 is 5.73 Å². The molecule has 0 radical (unpaired) electrons. The minimum Gasteiger partial charge on any atom is -0.411 e. The third-order valence-corrected chi connectivity index (χ3v) is 1.75. The molecule has 0 aliphatic rings. The van der Waals surface area contributed by atoms with E-state index in [1.807, 2.05) is 25.1 Å². The van der Waals surface area contributed by atoms with Gasteiger partial charge in [-0.05, 0) is 25.5 Å². The highest BCUT2D eigenvalue weighted by atomic mass is 16.4. The van der Waals surface area contributed by atoms with Gasteiger partial charge in [-0.2, -0.15) is 0 Å². The molecule has 0 atom stereocenters. The van der Waals surface area contributed by atoms with Crippen LogP contribution >= 0.6 is 0 Å². The first-order valence-electron chi connectivity index (χ1n) is 3.70. The monoisotopic (exact) mass is 164 g/mol. The summed E-state index contributed by atoms with van der Waals surface area (Å²) in [5.41, 5.74) is 8.76. The van der Waals surface area contributed by atoms with Gasteiger partial charge in [-0.3, -0.25) is 0 Å². The van der Waals surface area contributed by atoms with Crippen molar-refractivity contribution in [3.05, 3.63) is 29.3 Å². The Morgan fingerprint density at radius 2 is 2.17 bits per heavy atom. The van der Waals surface area contributed by atoms with Gasteiger partial charge < -0.3 is 10.9 Å². The minimum atomic E-state index is 0.535. The molecule has 3 N–H and O–H groups in total. The number of hydrogen-bond acceptors (Lipinski definition) is 3. The molecule has 0 saturated carbocycles. The van der Waals surface area contributed by atoms with E-state index in [0.717, 1.165) is 11.1 Å². The van der Waals surface area contributed by atoms with Gasteiger partial charge >= 0.3 is 0 Å². The van der Waals surface area contributed by atoms with Crippen LogP contribution in [0.25, 0.3) is 0 Å². The maximum absolute atomic E-state index is 8.51. The lowest BCUT2D eigenvalue weighted by molar-refractivity contribution is 0.319. The summed E-state index contributed by atoms with van der Waals surface area (Å²) >= 11 is 0. The summed E-state index contributed by atoms with van der Waals surface area (Å²) in [7, 11) is 0. The van der Waals surface area contributed by atoms with Gasteiger partial charge in [0.15, 0.2) is 0 Å². The summed E-state index contributed by atoms with van der Waals surface area (Å²) in [5, 5.41) is 11.6. The van der Waals surface area contributed by atoms with Crippen molar-refractivity contribution in [1.29, 1.82) is 0 Å². The normalized spacial score (nSPS) is 11.7. The Kier molecular flexibility index (Phi) is 2.33. The first-order valence-corrected chi connectivity index (χ1v) is 3.70. The maximum Gasteiger partial charge on any atom is 0.0857 e. The summed E-state index contributed by atoms with van der Waals surface area (Å²) in [4.78, 5) is 0. The first kappa shape index (κ1) is 8.59. The van der Waals surface area contributed by atoms with Crippen LogP contribution in [0.1, 0.15) is 18.1 Å². The van der Waals surface area contributed by atoms with Gasteiger partial charge in [0.2, 0.25) is 0 Å². The van der Waals surface area contributed by atoms with Crippen LogP contribution in [0.3, 0.4) is 0 Å². The SMILES string of the molecule is C/C(=N\O)c1ccc(C)cc1N. The van der Waals surface area contributed by atoms with E-state index in [9.17, 15) is 0 Å². The largest absolute Gasteiger partial charge is 0.411 e. The molecule has 0 fully saturated rings. The Morgan fingerprint density at radius 3 is 2.67 bits per heavy atom. The van der Waals surface area contributed by atoms with Crippen molar-refractivity contribution in [2.75, 3.05) is 5.73 Å². The number of nitrogen functional groups attached to an aromatic ring is 1. The molecule has 3 heteroatoms. The highest BCUT2D eigenvalue weighted by Gasteiger charge is 2.01. The Hall–Kier alpha value is -1.51. The van der Waals surface area contributed by atoms with Crippen molar-refractivity contribution >= 4 is 11.4 Å². The van der Waals surface area contributed by atoms with Crippen LogP contribution in [-0.2, 0) is 0 Å². The molecule has 0 heterocycles. The molecular weight excluding hydrogens is 152 g/mol. The third kappa shape index (κ3) is 1.56. The topological polar surface area (TPSA) is 58.6 Å². The second-order valence-electron chi connectivity index (χ2n) is 2.78. The van der Waals surface area contributed by atoms with E-state index in [-0.39, 0.29) is 0 Å². The molecule has 0 aromatic heterocycles. The number of nitrogens with zero attached hydrogens (tertiary/aromatic N) is 1. The number of hydrogen-bond donors (Lipinski definition) is 2. The number of oxime groups is 1. The molecular formula is C9H12N2O. The van der Waals surface area contributed by atoms with E-state index in [2.05, 4.69) is 5.16 Å². The lowest BCUT2D eigenvalue weighted by Crippen LogP contribution is -2.00. The molecule has 1 aromatic rings. The fourth-order valence-electron chi connectivity index (χ4n) is 1.07. The second kappa shape index (κ2) is 3.26. The van der Waals surface area contributed by atoms with Gasteiger partial charge in [0.1, 0.15) is 0 Å². The molecule has 0 aliphatic carbocycles. The van der Waals surface area contributed by atoms with Gasteiger partial charge in [0, 0.05) is 11.3 Å². The molecule has 0 amide bonds. The number of nitrogens with two attached hydrogens (primary N) is 1. The zero-order chi connectivity index (χ0) is 9.14. The fraction of sp³-hybridized carbons (Fsp3) is 0.222. The van der Waals surface area contributed by atoms with Gasteiger partial charge in [-0.15, -0.1) is 0 Å². The zero-order valence-corrected chi connectivity index (χ0v) is 7.20. The molecule has 64 valence electrons. The van der Waals surface area contributed by atoms with E-state index in [0.29, 0.717) is 11.4 Å². The van der Waals surface area contributed by atoms with Gasteiger partial charge in [-0.25, -0.2) is 0 Å². The summed E-state index contributed by atoms with van der Waals surface area (Å²) < 4.78 is 0. The summed E-state index contributed by atoms with van der Waals surface area (Å²) in [6.45, 7) is 3.67. The van der Waals surface area contributed by atoms with E-state index in [4.69, 9.17) is 10.9 Å². The number of anilines is 1. The highest BCUT2D eigenvalue weighted by molar-refractivity contribution is 6.02.